The van der Waals surface area contributed by atoms with Gasteiger partial charge in [-0.1, -0.05) is 54.4 Å². The Morgan fingerprint density at radius 3 is 2.20 bits per heavy atom. The lowest BCUT2D eigenvalue weighted by Gasteiger charge is -2.29. The molecule has 0 fully saturated rings. The lowest BCUT2D eigenvalue weighted by molar-refractivity contribution is -0.140. The van der Waals surface area contributed by atoms with Crippen molar-refractivity contribution in [3.63, 3.8) is 0 Å². The van der Waals surface area contributed by atoms with Crippen molar-refractivity contribution < 1.29 is 14.3 Å². The largest absolute Gasteiger partial charge is 0.494 e. The summed E-state index contributed by atoms with van der Waals surface area (Å²) in [5, 5.41) is 2.90. The van der Waals surface area contributed by atoms with Crippen LogP contribution < -0.4 is 10.1 Å². The van der Waals surface area contributed by atoms with Gasteiger partial charge < -0.3 is 15.0 Å². The molecule has 2 aromatic rings. The maximum absolute atomic E-state index is 13.0. The molecule has 162 valence electrons. The minimum absolute atomic E-state index is 0.0396. The van der Waals surface area contributed by atoms with Crippen LogP contribution in [0, 0.1) is 13.8 Å². The Morgan fingerprint density at radius 2 is 1.60 bits per heavy atom. The first-order chi connectivity index (χ1) is 14.4. The average molecular weight is 411 g/mol. The lowest BCUT2D eigenvalue weighted by Crippen LogP contribution is -2.47. The number of hydrogen-bond acceptors (Lipinski definition) is 3. The molecule has 2 aromatic carbocycles. The maximum Gasteiger partial charge on any atom is 0.242 e. The highest BCUT2D eigenvalue weighted by Gasteiger charge is 2.25. The smallest absolute Gasteiger partial charge is 0.242 e. The molecule has 0 saturated carbocycles. The Labute approximate surface area is 180 Å². The van der Waals surface area contributed by atoms with E-state index in [2.05, 4.69) is 5.32 Å². The fourth-order valence-electron chi connectivity index (χ4n) is 3.06. The van der Waals surface area contributed by atoms with E-state index in [-0.39, 0.29) is 11.8 Å². The van der Waals surface area contributed by atoms with E-state index in [4.69, 9.17) is 4.74 Å². The second-order valence-corrected chi connectivity index (χ2v) is 7.74. The van der Waals surface area contributed by atoms with Gasteiger partial charge in [0, 0.05) is 19.5 Å². The van der Waals surface area contributed by atoms with Crippen molar-refractivity contribution in [2.45, 2.75) is 59.5 Å². The number of carbonyl (C=O) groups is 2. The first-order valence-corrected chi connectivity index (χ1v) is 10.7. The molecule has 0 heterocycles. The number of ether oxygens (including phenoxy) is 1. The van der Waals surface area contributed by atoms with E-state index in [1.54, 1.807) is 11.8 Å². The Hall–Kier alpha value is -2.82. The maximum atomic E-state index is 13.0. The molecule has 0 aliphatic heterocycles. The first kappa shape index (κ1) is 23.5. The van der Waals surface area contributed by atoms with Gasteiger partial charge in [-0.3, -0.25) is 9.59 Å². The summed E-state index contributed by atoms with van der Waals surface area (Å²) in [7, 11) is 0. The van der Waals surface area contributed by atoms with Gasteiger partial charge in [0.25, 0.3) is 0 Å². The van der Waals surface area contributed by atoms with E-state index in [1.807, 2.05) is 69.3 Å². The van der Waals surface area contributed by atoms with Crippen LogP contribution in [-0.4, -0.2) is 35.9 Å². The summed E-state index contributed by atoms with van der Waals surface area (Å²) in [4.78, 5) is 27.2. The molecule has 0 radical (unpaired) electrons. The zero-order chi connectivity index (χ0) is 21.9. The van der Waals surface area contributed by atoms with Crippen LogP contribution in [-0.2, 0) is 16.1 Å². The van der Waals surface area contributed by atoms with Crippen molar-refractivity contribution in [1.82, 2.24) is 10.2 Å². The Bertz CT molecular complexity index is 800. The minimum atomic E-state index is -0.525. The molecule has 1 atom stereocenters. The molecule has 0 bridgehead atoms. The van der Waals surface area contributed by atoms with Crippen molar-refractivity contribution in [2.24, 2.45) is 0 Å². The standard InChI is InChI=1S/C25H34N2O3/c1-5-16-26-25(29)21(4)27(18-22-12-8-19(2)9-13-22)24(28)7-6-17-30-23-14-10-20(3)11-15-23/h8-15,21H,5-7,16-18H2,1-4H3,(H,26,29)/t21-/m1/s1. The summed E-state index contributed by atoms with van der Waals surface area (Å²) >= 11 is 0. The lowest BCUT2D eigenvalue weighted by atomic mass is 10.1. The Kier molecular flexibility index (Phi) is 9.39. The molecule has 0 aliphatic carbocycles. The van der Waals surface area contributed by atoms with Gasteiger partial charge in [0.2, 0.25) is 11.8 Å². The summed E-state index contributed by atoms with van der Waals surface area (Å²) in [6, 6.07) is 15.4. The van der Waals surface area contributed by atoms with Gasteiger partial charge >= 0.3 is 0 Å². The van der Waals surface area contributed by atoms with E-state index < -0.39 is 6.04 Å². The number of nitrogens with one attached hydrogen (secondary N) is 1. The van der Waals surface area contributed by atoms with Crippen LogP contribution in [0.4, 0.5) is 0 Å². The third kappa shape index (κ3) is 7.54. The van der Waals surface area contributed by atoms with Crippen LogP contribution in [0.1, 0.15) is 49.8 Å². The van der Waals surface area contributed by atoms with E-state index in [0.29, 0.717) is 32.5 Å². The van der Waals surface area contributed by atoms with Crippen LogP contribution in [0.15, 0.2) is 48.5 Å². The Balaban J connectivity index is 1.96. The van der Waals surface area contributed by atoms with E-state index in [1.165, 1.54) is 11.1 Å². The summed E-state index contributed by atoms with van der Waals surface area (Å²) < 4.78 is 5.73. The van der Waals surface area contributed by atoms with E-state index in [0.717, 1.165) is 17.7 Å². The van der Waals surface area contributed by atoms with Crippen molar-refractivity contribution >= 4 is 11.8 Å². The third-order valence-corrected chi connectivity index (χ3v) is 5.01. The molecule has 0 saturated heterocycles. The van der Waals surface area contributed by atoms with Gasteiger partial charge in [-0.25, -0.2) is 0 Å². The Morgan fingerprint density at radius 1 is 1.00 bits per heavy atom. The normalized spacial score (nSPS) is 11.6. The molecule has 0 aliphatic rings. The van der Waals surface area contributed by atoms with Crippen LogP contribution in [0.2, 0.25) is 0 Å². The van der Waals surface area contributed by atoms with Crippen LogP contribution >= 0.6 is 0 Å². The van der Waals surface area contributed by atoms with Crippen molar-refractivity contribution in [1.29, 1.82) is 0 Å². The average Bonchev–Trinajstić information content (AvgIpc) is 2.75. The summed E-state index contributed by atoms with van der Waals surface area (Å²) in [5.74, 6) is 0.646. The first-order valence-electron chi connectivity index (χ1n) is 10.7. The zero-order valence-electron chi connectivity index (χ0n) is 18.6. The van der Waals surface area contributed by atoms with Crippen molar-refractivity contribution in [3.8, 4) is 5.75 Å². The highest BCUT2D eigenvalue weighted by molar-refractivity contribution is 5.87. The van der Waals surface area contributed by atoms with Gasteiger partial charge in [0.05, 0.1) is 6.61 Å². The number of nitrogens with zero attached hydrogens (tertiary/aromatic N) is 1. The quantitative estimate of drug-likeness (QED) is 0.559. The van der Waals surface area contributed by atoms with Gasteiger partial charge in [0.15, 0.2) is 0 Å². The second-order valence-electron chi connectivity index (χ2n) is 7.74. The molecule has 5 heteroatoms. The highest BCUT2D eigenvalue weighted by Crippen LogP contribution is 2.15. The number of amides is 2. The monoisotopic (exact) mass is 410 g/mol. The van der Waals surface area contributed by atoms with Crippen molar-refractivity contribution in [3.05, 3.63) is 65.2 Å². The molecular formula is C25H34N2O3. The summed E-state index contributed by atoms with van der Waals surface area (Å²) in [5.41, 5.74) is 3.36. The topological polar surface area (TPSA) is 58.6 Å². The van der Waals surface area contributed by atoms with E-state index in [9.17, 15) is 9.59 Å². The number of rotatable bonds is 11. The second kappa shape index (κ2) is 12.0. The number of carbonyl (C=O) groups excluding carboxylic acids is 2. The fraction of sp³-hybridized carbons (Fsp3) is 0.440. The van der Waals surface area contributed by atoms with Gasteiger partial charge in [-0.05, 0) is 51.3 Å². The SMILES string of the molecule is CCCNC(=O)[C@@H](C)N(Cc1ccc(C)cc1)C(=O)CCCOc1ccc(C)cc1. The fourth-order valence-corrected chi connectivity index (χ4v) is 3.06. The third-order valence-electron chi connectivity index (χ3n) is 5.01. The molecule has 1 N–H and O–H groups in total. The van der Waals surface area contributed by atoms with Gasteiger partial charge in [0.1, 0.15) is 11.8 Å². The number of aryl methyl sites for hydroxylation is 2. The molecule has 0 unspecified atom stereocenters. The van der Waals surface area contributed by atoms with Crippen LogP contribution in [0.5, 0.6) is 5.75 Å². The van der Waals surface area contributed by atoms with E-state index >= 15 is 0 Å². The summed E-state index contributed by atoms with van der Waals surface area (Å²) in [6.07, 6.45) is 1.80. The van der Waals surface area contributed by atoms with Gasteiger partial charge in [-0.2, -0.15) is 0 Å². The zero-order valence-corrected chi connectivity index (χ0v) is 18.6. The summed E-state index contributed by atoms with van der Waals surface area (Å²) in [6.45, 7) is 9.35. The van der Waals surface area contributed by atoms with Crippen LogP contribution in [0.3, 0.4) is 0 Å². The minimum Gasteiger partial charge on any atom is -0.494 e. The molecule has 5 nitrogen and oxygen atoms in total. The van der Waals surface area contributed by atoms with Crippen LogP contribution in [0.25, 0.3) is 0 Å². The molecule has 30 heavy (non-hydrogen) atoms. The highest BCUT2D eigenvalue weighted by atomic mass is 16.5. The molecular weight excluding hydrogens is 376 g/mol. The molecule has 0 aromatic heterocycles. The van der Waals surface area contributed by atoms with Crippen molar-refractivity contribution in [2.75, 3.05) is 13.2 Å². The molecule has 2 rings (SSSR count). The molecule has 2 amide bonds. The number of hydrogen-bond donors (Lipinski definition) is 1. The van der Waals surface area contributed by atoms with Gasteiger partial charge in [-0.15, -0.1) is 0 Å². The molecule has 0 spiro atoms. The number of benzene rings is 2. The predicted molar refractivity (Wildman–Crippen MR) is 120 cm³/mol. The predicted octanol–water partition coefficient (Wildman–Crippen LogP) is 4.41.